The zero-order valence-corrected chi connectivity index (χ0v) is 18.4. The number of guanidine groups is 1. The highest BCUT2D eigenvalue weighted by Crippen LogP contribution is 2.27. The summed E-state index contributed by atoms with van der Waals surface area (Å²) in [5.41, 5.74) is 1.31. The predicted octanol–water partition coefficient (Wildman–Crippen LogP) is 2.98. The second kappa shape index (κ2) is 12.6. The summed E-state index contributed by atoms with van der Waals surface area (Å²) in [6, 6.07) is 10.7. The minimum absolute atomic E-state index is 0.271. The minimum atomic E-state index is 0.271. The fourth-order valence-electron chi connectivity index (χ4n) is 4.32. The number of nitrogens with one attached hydrogen (secondary N) is 2. The molecule has 166 valence electrons. The zero-order chi connectivity index (χ0) is 21.0. The average molecular weight is 415 g/mol. The quantitative estimate of drug-likeness (QED) is 0.351. The molecule has 0 aromatic heterocycles. The molecule has 6 nitrogen and oxygen atoms in total. The minimum Gasteiger partial charge on any atom is -0.381 e. The summed E-state index contributed by atoms with van der Waals surface area (Å²) < 4.78 is 5.75. The molecule has 1 aromatic rings. The summed E-state index contributed by atoms with van der Waals surface area (Å²) >= 11 is 0. The van der Waals surface area contributed by atoms with Gasteiger partial charge in [0.15, 0.2) is 5.96 Å². The summed E-state index contributed by atoms with van der Waals surface area (Å²) in [5.74, 6) is 1.49. The van der Waals surface area contributed by atoms with Crippen molar-refractivity contribution in [2.45, 2.75) is 57.9 Å². The molecule has 1 aliphatic heterocycles. The third-order valence-corrected chi connectivity index (χ3v) is 5.98. The van der Waals surface area contributed by atoms with Gasteiger partial charge in [0.25, 0.3) is 0 Å². The number of carbonyl (C=O) groups excluding carboxylic acids is 1. The predicted molar refractivity (Wildman–Crippen MR) is 122 cm³/mol. The molecule has 2 aliphatic rings. The van der Waals surface area contributed by atoms with E-state index in [4.69, 9.17) is 9.73 Å². The first-order valence-electron chi connectivity index (χ1n) is 11.7. The Bertz CT molecular complexity index is 658. The number of carbonyl (C=O) groups is 1. The number of likely N-dealkylation sites (tertiary alicyclic amines) is 1. The van der Waals surface area contributed by atoms with Crippen molar-refractivity contribution in [1.82, 2.24) is 15.5 Å². The molecule has 2 N–H and O–H groups in total. The van der Waals surface area contributed by atoms with Gasteiger partial charge in [0.05, 0.1) is 6.61 Å². The second-order valence-electron chi connectivity index (χ2n) is 8.36. The van der Waals surface area contributed by atoms with Gasteiger partial charge in [-0.05, 0) is 44.6 Å². The van der Waals surface area contributed by atoms with E-state index < -0.39 is 0 Å². The van der Waals surface area contributed by atoms with Crippen molar-refractivity contribution in [2.75, 3.05) is 39.4 Å². The first kappa shape index (κ1) is 22.6. The standard InChI is InChI=1S/C24H38N4O2/c1-2-25-24(26-15-8-17-30-18-14-20-9-4-3-5-10-20)27-22-13-16-28(19-22)23(29)21-11-6-7-12-21/h3-5,9-10,21-22H,2,6-8,11-19H2,1H3,(H2,25,26,27). The van der Waals surface area contributed by atoms with Crippen molar-refractivity contribution in [3.05, 3.63) is 35.9 Å². The van der Waals surface area contributed by atoms with Gasteiger partial charge in [-0.25, -0.2) is 0 Å². The molecule has 1 atom stereocenters. The van der Waals surface area contributed by atoms with Crippen molar-refractivity contribution >= 4 is 11.9 Å². The molecule has 3 rings (SSSR count). The fourth-order valence-corrected chi connectivity index (χ4v) is 4.32. The molecule has 1 amide bonds. The van der Waals surface area contributed by atoms with Crippen molar-refractivity contribution < 1.29 is 9.53 Å². The molecule has 1 heterocycles. The molecule has 1 saturated carbocycles. The lowest BCUT2D eigenvalue weighted by Crippen LogP contribution is -2.45. The van der Waals surface area contributed by atoms with E-state index in [1.165, 1.54) is 18.4 Å². The number of aliphatic imine (C=N–C) groups is 1. The Morgan fingerprint density at radius 1 is 1.17 bits per heavy atom. The van der Waals surface area contributed by atoms with Crippen molar-refractivity contribution in [3.63, 3.8) is 0 Å². The Morgan fingerprint density at radius 3 is 2.73 bits per heavy atom. The van der Waals surface area contributed by atoms with E-state index in [0.29, 0.717) is 5.91 Å². The maximum Gasteiger partial charge on any atom is 0.225 e. The van der Waals surface area contributed by atoms with E-state index in [-0.39, 0.29) is 12.0 Å². The molecule has 0 radical (unpaired) electrons. The van der Waals surface area contributed by atoms with E-state index in [2.05, 4.69) is 46.7 Å². The number of nitrogens with zero attached hydrogens (tertiary/aromatic N) is 2. The SMILES string of the molecule is CCNC(=NCCCOCCc1ccccc1)NC1CCN(C(=O)C2CCCC2)C1. The molecular formula is C24H38N4O2. The average Bonchev–Trinajstić information content (AvgIpc) is 3.46. The Balaban J connectivity index is 1.32. The van der Waals surface area contributed by atoms with Crippen molar-refractivity contribution in [3.8, 4) is 0 Å². The molecule has 1 unspecified atom stereocenters. The highest BCUT2D eigenvalue weighted by Gasteiger charge is 2.32. The van der Waals surface area contributed by atoms with Gasteiger partial charge in [-0.1, -0.05) is 43.2 Å². The van der Waals surface area contributed by atoms with E-state index in [1.54, 1.807) is 0 Å². The van der Waals surface area contributed by atoms with Crippen LogP contribution < -0.4 is 10.6 Å². The number of ether oxygens (including phenoxy) is 1. The van der Waals surface area contributed by atoms with Gasteiger partial charge in [0, 0.05) is 44.7 Å². The smallest absolute Gasteiger partial charge is 0.225 e. The lowest BCUT2D eigenvalue weighted by atomic mass is 10.1. The van der Waals surface area contributed by atoms with Crippen LogP contribution in [0, 0.1) is 5.92 Å². The van der Waals surface area contributed by atoms with Gasteiger partial charge in [-0.3, -0.25) is 9.79 Å². The van der Waals surface area contributed by atoms with Crippen LogP contribution in [-0.2, 0) is 16.0 Å². The van der Waals surface area contributed by atoms with Crippen LogP contribution in [0.2, 0.25) is 0 Å². The maximum atomic E-state index is 12.6. The second-order valence-corrected chi connectivity index (χ2v) is 8.36. The van der Waals surface area contributed by atoms with Gasteiger partial charge < -0.3 is 20.3 Å². The Labute approximate surface area is 181 Å². The third kappa shape index (κ3) is 7.31. The first-order valence-corrected chi connectivity index (χ1v) is 11.7. The number of hydrogen-bond acceptors (Lipinski definition) is 3. The Hall–Kier alpha value is -2.08. The van der Waals surface area contributed by atoms with E-state index in [0.717, 1.165) is 77.5 Å². The molecule has 0 bridgehead atoms. The number of hydrogen-bond donors (Lipinski definition) is 2. The summed E-state index contributed by atoms with van der Waals surface area (Å²) in [6.07, 6.45) is 7.41. The normalized spacial score (nSPS) is 20.0. The molecule has 0 spiro atoms. The van der Waals surface area contributed by atoms with Crippen molar-refractivity contribution in [2.24, 2.45) is 10.9 Å². The highest BCUT2D eigenvalue weighted by atomic mass is 16.5. The summed E-state index contributed by atoms with van der Waals surface area (Å²) in [4.78, 5) is 19.4. The number of rotatable bonds is 10. The van der Waals surface area contributed by atoms with Gasteiger partial charge in [0.2, 0.25) is 5.91 Å². The van der Waals surface area contributed by atoms with Crippen LogP contribution in [0.4, 0.5) is 0 Å². The number of benzene rings is 1. The highest BCUT2D eigenvalue weighted by molar-refractivity contribution is 5.81. The van der Waals surface area contributed by atoms with E-state index in [9.17, 15) is 4.79 Å². The molecule has 6 heteroatoms. The topological polar surface area (TPSA) is 66.0 Å². The maximum absolute atomic E-state index is 12.6. The molecule has 30 heavy (non-hydrogen) atoms. The van der Waals surface area contributed by atoms with Crippen LogP contribution in [0.5, 0.6) is 0 Å². The van der Waals surface area contributed by atoms with Crippen LogP contribution in [0.1, 0.15) is 51.0 Å². The Kier molecular flexibility index (Phi) is 9.48. The van der Waals surface area contributed by atoms with E-state index in [1.807, 2.05) is 6.07 Å². The van der Waals surface area contributed by atoms with Crippen LogP contribution in [-0.4, -0.2) is 62.2 Å². The fraction of sp³-hybridized carbons (Fsp3) is 0.667. The van der Waals surface area contributed by atoms with Gasteiger partial charge in [0.1, 0.15) is 0 Å². The van der Waals surface area contributed by atoms with Crippen LogP contribution in [0.3, 0.4) is 0 Å². The lowest BCUT2D eigenvalue weighted by molar-refractivity contribution is -0.134. The largest absolute Gasteiger partial charge is 0.381 e. The summed E-state index contributed by atoms with van der Waals surface area (Å²) in [6.45, 7) is 6.77. The lowest BCUT2D eigenvalue weighted by Gasteiger charge is -2.21. The van der Waals surface area contributed by atoms with Crippen LogP contribution in [0.15, 0.2) is 35.3 Å². The van der Waals surface area contributed by atoms with Crippen LogP contribution >= 0.6 is 0 Å². The third-order valence-electron chi connectivity index (χ3n) is 5.98. The van der Waals surface area contributed by atoms with Crippen molar-refractivity contribution in [1.29, 1.82) is 0 Å². The van der Waals surface area contributed by atoms with Gasteiger partial charge >= 0.3 is 0 Å². The molecule has 1 aromatic carbocycles. The summed E-state index contributed by atoms with van der Waals surface area (Å²) in [7, 11) is 0. The summed E-state index contributed by atoms with van der Waals surface area (Å²) in [5, 5.41) is 6.85. The Morgan fingerprint density at radius 2 is 1.97 bits per heavy atom. The van der Waals surface area contributed by atoms with Crippen LogP contribution in [0.25, 0.3) is 0 Å². The molecular weight excluding hydrogens is 376 g/mol. The first-order chi connectivity index (χ1) is 14.8. The van der Waals surface area contributed by atoms with E-state index >= 15 is 0 Å². The molecule has 1 aliphatic carbocycles. The molecule has 1 saturated heterocycles. The number of amides is 1. The monoisotopic (exact) mass is 414 g/mol. The molecule has 2 fully saturated rings. The zero-order valence-electron chi connectivity index (χ0n) is 18.4. The van der Waals surface area contributed by atoms with Gasteiger partial charge in [-0.2, -0.15) is 0 Å². The van der Waals surface area contributed by atoms with Gasteiger partial charge in [-0.15, -0.1) is 0 Å².